The van der Waals surface area contributed by atoms with E-state index in [9.17, 15) is 12.8 Å². The van der Waals surface area contributed by atoms with Crippen molar-refractivity contribution in [1.82, 2.24) is 9.29 Å². The first-order valence-electron chi connectivity index (χ1n) is 6.18. The van der Waals surface area contributed by atoms with E-state index >= 15 is 0 Å². The summed E-state index contributed by atoms with van der Waals surface area (Å²) in [6.07, 6.45) is 1.25. The molecule has 1 aromatic heterocycles. The maximum absolute atomic E-state index is 13.7. The average molecular weight is 329 g/mol. The molecule has 0 bridgehead atoms. The van der Waals surface area contributed by atoms with Crippen molar-refractivity contribution in [1.29, 1.82) is 0 Å². The summed E-state index contributed by atoms with van der Waals surface area (Å²) in [6.45, 7) is 1.71. The van der Waals surface area contributed by atoms with E-state index in [1.165, 1.54) is 19.3 Å². The number of benzene rings is 1. The molecule has 0 aliphatic carbocycles. The number of halogens is 2. The fraction of sp³-hybridized carbons (Fsp3) is 0.214. The molecular formula is C14H14ClFN2O2S. The predicted octanol–water partition coefficient (Wildman–Crippen LogP) is 3.26. The summed E-state index contributed by atoms with van der Waals surface area (Å²) >= 11 is 5.81. The Bertz CT molecular complexity index is 735. The van der Waals surface area contributed by atoms with Gasteiger partial charge in [-0.25, -0.2) is 17.8 Å². The van der Waals surface area contributed by atoms with Crippen LogP contribution in [0.15, 0.2) is 47.6 Å². The minimum absolute atomic E-state index is 0.478. The van der Waals surface area contributed by atoms with Crippen molar-refractivity contribution in [3.63, 3.8) is 0 Å². The highest BCUT2D eigenvalue weighted by molar-refractivity contribution is 7.89. The first-order valence-corrected chi connectivity index (χ1v) is 8.00. The van der Waals surface area contributed by atoms with Gasteiger partial charge in [-0.3, -0.25) is 0 Å². The summed E-state index contributed by atoms with van der Waals surface area (Å²) in [6, 6.07) is 8.75. The third-order valence-corrected chi connectivity index (χ3v) is 5.36. The van der Waals surface area contributed by atoms with Crippen LogP contribution in [-0.4, -0.2) is 24.8 Å². The van der Waals surface area contributed by atoms with Gasteiger partial charge in [0.25, 0.3) is 10.0 Å². The van der Waals surface area contributed by atoms with Crippen LogP contribution in [0.3, 0.4) is 0 Å². The van der Waals surface area contributed by atoms with Crippen LogP contribution in [-0.2, 0) is 10.0 Å². The lowest BCUT2D eigenvalue weighted by Crippen LogP contribution is -2.31. The Labute approximate surface area is 128 Å². The van der Waals surface area contributed by atoms with E-state index in [0.717, 1.165) is 15.9 Å². The summed E-state index contributed by atoms with van der Waals surface area (Å²) in [5.41, 5.74) is 0.752. The average Bonchev–Trinajstić information content (AvgIpc) is 2.46. The van der Waals surface area contributed by atoms with Crippen molar-refractivity contribution >= 4 is 21.6 Å². The van der Waals surface area contributed by atoms with Crippen molar-refractivity contribution in [3.8, 4) is 0 Å². The molecule has 1 heterocycles. The van der Waals surface area contributed by atoms with Gasteiger partial charge in [0.2, 0.25) is 5.03 Å². The molecule has 2 aromatic rings. The molecule has 0 fully saturated rings. The number of nitrogens with zero attached hydrogens (tertiary/aromatic N) is 2. The number of aromatic nitrogens is 1. The molecule has 1 aromatic carbocycles. The fourth-order valence-corrected chi connectivity index (χ4v) is 3.30. The summed E-state index contributed by atoms with van der Waals surface area (Å²) in [7, 11) is -2.62. The largest absolute Gasteiger partial charge is 0.263 e. The molecule has 0 spiro atoms. The smallest absolute Gasteiger partial charge is 0.241 e. The molecule has 112 valence electrons. The van der Waals surface area contributed by atoms with E-state index in [4.69, 9.17) is 11.6 Å². The number of pyridine rings is 1. The minimum Gasteiger partial charge on any atom is -0.241 e. The summed E-state index contributed by atoms with van der Waals surface area (Å²) in [5.74, 6) is -0.868. The first-order chi connectivity index (χ1) is 9.84. The Morgan fingerprint density at radius 3 is 2.43 bits per heavy atom. The van der Waals surface area contributed by atoms with Gasteiger partial charge in [0.05, 0.1) is 0 Å². The lowest BCUT2D eigenvalue weighted by atomic mass is 10.1. The number of hydrogen-bond donors (Lipinski definition) is 0. The Kier molecular flexibility index (Phi) is 4.61. The van der Waals surface area contributed by atoms with Crippen LogP contribution in [0.5, 0.6) is 0 Å². The van der Waals surface area contributed by atoms with Crippen molar-refractivity contribution in [2.45, 2.75) is 18.0 Å². The topological polar surface area (TPSA) is 50.3 Å². The summed E-state index contributed by atoms with van der Waals surface area (Å²) in [5, 5.41) is -0.0134. The second kappa shape index (κ2) is 6.09. The molecule has 7 heteroatoms. The Morgan fingerprint density at radius 2 is 1.86 bits per heavy atom. The second-order valence-electron chi connectivity index (χ2n) is 4.54. The normalized spacial score (nSPS) is 13.4. The molecule has 21 heavy (non-hydrogen) atoms. The summed E-state index contributed by atoms with van der Waals surface area (Å²) in [4.78, 5) is 3.64. The number of rotatable bonds is 4. The van der Waals surface area contributed by atoms with E-state index in [2.05, 4.69) is 4.98 Å². The zero-order chi connectivity index (χ0) is 15.6. The lowest BCUT2D eigenvalue weighted by molar-refractivity contribution is 0.392. The molecule has 0 aliphatic heterocycles. The molecule has 0 radical (unpaired) electrons. The quantitative estimate of drug-likeness (QED) is 0.865. The van der Waals surface area contributed by atoms with Gasteiger partial charge >= 0.3 is 0 Å². The van der Waals surface area contributed by atoms with Gasteiger partial charge in [-0.1, -0.05) is 23.7 Å². The van der Waals surface area contributed by atoms with E-state index in [0.29, 0.717) is 5.02 Å². The van der Waals surface area contributed by atoms with Crippen LogP contribution in [0.25, 0.3) is 0 Å². The highest BCUT2D eigenvalue weighted by Gasteiger charge is 2.29. The highest BCUT2D eigenvalue weighted by atomic mass is 35.5. The molecule has 4 nitrogen and oxygen atoms in total. The predicted molar refractivity (Wildman–Crippen MR) is 79.0 cm³/mol. The summed E-state index contributed by atoms with van der Waals surface area (Å²) < 4.78 is 39.6. The molecule has 1 atom stereocenters. The van der Waals surface area contributed by atoms with Crippen LogP contribution >= 0.6 is 11.6 Å². The first kappa shape index (κ1) is 15.9. The van der Waals surface area contributed by atoms with E-state index < -0.39 is 26.9 Å². The molecule has 0 saturated heterocycles. The maximum atomic E-state index is 13.7. The van der Waals surface area contributed by atoms with Gasteiger partial charge in [-0.05, 0) is 36.8 Å². The monoisotopic (exact) mass is 328 g/mol. The lowest BCUT2D eigenvalue weighted by Gasteiger charge is -2.24. The fourth-order valence-electron chi connectivity index (χ4n) is 1.86. The third-order valence-electron chi connectivity index (χ3n) is 3.25. The standard InChI is InChI=1S/C14H14ClFN2O2S/c1-10(11-5-7-12(15)8-6-11)18(2)21(19,20)14-13(16)4-3-9-17-14/h3-10H,1-2H3. The molecular weight excluding hydrogens is 315 g/mol. The van der Waals surface area contributed by atoms with Gasteiger partial charge in [0, 0.05) is 24.3 Å². The zero-order valence-electron chi connectivity index (χ0n) is 11.5. The molecule has 2 rings (SSSR count). The molecule has 0 amide bonds. The van der Waals surface area contributed by atoms with Crippen LogP contribution < -0.4 is 0 Å². The Morgan fingerprint density at radius 1 is 1.24 bits per heavy atom. The SMILES string of the molecule is CC(c1ccc(Cl)cc1)N(C)S(=O)(=O)c1ncccc1F. The van der Waals surface area contributed by atoms with Gasteiger partial charge in [0.15, 0.2) is 5.82 Å². The van der Waals surface area contributed by atoms with E-state index in [-0.39, 0.29) is 0 Å². The second-order valence-corrected chi connectivity index (χ2v) is 6.89. The van der Waals surface area contributed by atoms with Crippen molar-refractivity contribution in [3.05, 3.63) is 59.0 Å². The van der Waals surface area contributed by atoms with Crippen LogP contribution in [0.4, 0.5) is 4.39 Å². The van der Waals surface area contributed by atoms with Crippen molar-refractivity contribution < 1.29 is 12.8 Å². The molecule has 1 unspecified atom stereocenters. The van der Waals surface area contributed by atoms with Gasteiger partial charge in [-0.15, -0.1) is 0 Å². The number of sulfonamides is 1. The number of hydrogen-bond acceptors (Lipinski definition) is 3. The van der Waals surface area contributed by atoms with Crippen LogP contribution in [0, 0.1) is 5.82 Å². The molecule has 0 saturated carbocycles. The maximum Gasteiger partial charge on any atom is 0.263 e. The van der Waals surface area contributed by atoms with Gasteiger partial charge in [0.1, 0.15) is 0 Å². The van der Waals surface area contributed by atoms with E-state index in [1.807, 2.05) is 0 Å². The molecule has 0 N–H and O–H groups in total. The van der Waals surface area contributed by atoms with Crippen LogP contribution in [0.1, 0.15) is 18.5 Å². The minimum atomic E-state index is -4.01. The Hall–Kier alpha value is -1.50. The third kappa shape index (κ3) is 3.23. The highest BCUT2D eigenvalue weighted by Crippen LogP contribution is 2.26. The van der Waals surface area contributed by atoms with Crippen LogP contribution in [0.2, 0.25) is 5.02 Å². The Balaban J connectivity index is 2.36. The molecule has 0 aliphatic rings. The van der Waals surface area contributed by atoms with Crippen molar-refractivity contribution in [2.75, 3.05) is 7.05 Å². The van der Waals surface area contributed by atoms with E-state index in [1.54, 1.807) is 31.2 Å². The van der Waals surface area contributed by atoms with Gasteiger partial charge in [-0.2, -0.15) is 4.31 Å². The zero-order valence-corrected chi connectivity index (χ0v) is 13.1. The van der Waals surface area contributed by atoms with Gasteiger partial charge < -0.3 is 0 Å². The van der Waals surface area contributed by atoms with Crippen molar-refractivity contribution in [2.24, 2.45) is 0 Å².